The Morgan fingerprint density at radius 2 is 2.00 bits per heavy atom. The van der Waals surface area contributed by atoms with Crippen LogP contribution in [0.25, 0.3) is 0 Å². The van der Waals surface area contributed by atoms with Gasteiger partial charge in [-0.3, -0.25) is 0 Å². The molecule has 0 amide bonds. The summed E-state index contributed by atoms with van der Waals surface area (Å²) in [4.78, 5) is 6.84. The molecule has 5 N–H and O–H groups in total. The normalized spacial score (nSPS) is 23.3. The van der Waals surface area contributed by atoms with E-state index in [1.807, 2.05) is 0 Å². The average molecular weight is 504 g/mol. The summed E-state index contributed by atoms with van der Waals surface area (Å²) in [5.74, 6) is 0.479. The van der Waals surface area contributed by atoms with E-state index in [1.165, 1.54) is 26.2 Å². The number of dihydropyridines is 1. The van der Waals surface area contributed by atoms with Gasteiger partial charge in [0.1, 0.15) is 17.6 Å². The maximum Gasteiger partial charge on any atom is 0.416 e. The molecule has 0 aromatic rings. The molecule has 3 aliphatic rings. The highest BCUT2D eigenvalue weighted by atomic mass is 19.4. The van der Waals surface area contributed by atoms with Gasteiger partial charge in [-0.05, 0) is 63.6 Å². The number of alkyl halides is 3. The summed E-state index contributed by atoms with van der Waals surface area (Å²) >= 11 is 0. The lowest BCUT2D eigenvalue weighted by molar-refractivity contribution is -0.0883. The Morgan fingerprint density at radius 3 is 2.50 bits per heavy atom. The van der Waals surface area contributed by atoms with Crippen molar-refractivity contribution in [3.63, 3.8) is 0 Å². The Labute approximate surface area is 211 Å². The maximum atomic E-state index is 13.7. The molecule has 2 fully saturated rings. The van der Waals surface area contributed by atoms with E-state index < -0.39 is 23.8 Å². The summed E-state index contributed by atoms with van der Waals surface area (Å²) in [5, 5.41) is 16.2. The van der Waals surface area contributed by atoms with Gasteiger partial charge in [0.15, 0.2) is 0 Å². The van der Waals surface area contributed by atoms with Gasteiger partial charge in [-0.2, -0.15) is 13.2 Å². The highest BCUT2D eigenvalue weighted by Gasteiger charge is 2.48. The van der Waals surface area contributed by atoms with Crippen molar-refractivity contribution < 1.29 is 18.3 Å². The lowest BCUT2D eigenvalue weighted by Crippen LogP contribution is -2.58. The van der Waals surface area contributed by atoms with E-state index in [0.29, 0.717) is 33.9 Å². The largest absolute Gasteiger partial charge is 0.510 e. The van der Waals surface area contributed by atoms with Gasteiger partial charge in [0.25, 0.3) is 0 Å². The second kappa shape index (κ2) is 10.7. The molecule has 1 spiro atoms. The zero-order valence-electron chi connectivity index (χ0n) is 21.1. The average Bonchev–Trinajstić information content (AvgIpc) is 2.70. The number of nitrogens with two attached hydrogens (primary N) is 1. The third kappa shape index (κ3) is 6.25. The van der Waals surface area contributed by atoms with E-state index in [0.717, 1.165) is 25.2 Å². The van der Waals surface area contributed by atoms with Crippen molar-refractivity contribution in [3.8, 4) is 0 Å². The second-order valence-electron chi connectivity index (χ2n) is 9.76. The van der Waals surface area contributed by atoms with Crippen LogP contribution in [0, 0.1) is 5.41 Å². The van der Waals surface area contributed by atoms with Crippen LogP contribution in [0.4, 0.5) is 13.2 Å². The van der Waals surface area contributed by atoms with E-state index in [-0.39, 0.29) is 5.76 Å². The fourth-order valence-corrected chi connectivity index (χ4v) is 4.78. The summed E-state index contributed by atoms with van der Waals surface area (Å²) in [5.41, 5.74) is 7.08. The predicted octanol–water partition coefficient (Wildman–Crippen LogP) is 5.10. The Morgan fingerprint density at radius 1 is 1.33 bits per heavy atom. The van der Waals surface area contributed by atoms with Crippen molar-refractivity contribution in [1.29, 1.82) is 0 Å². The molecule has 0 aromatic carbocycles. The molecule has 2 heterocycles. The highest BCUT2D eigenvalue weighted by Crippen LogP contribution is 2.49. The molecule has 1 saturated heterocycles. The van der Waals surface area contributed by atoms with E-state index in [1.54, 1.807) is 38.3 Å². The summed E-state index contributed by atoms with van der Waals surface area (Å²) in [6.45, 7) is 13.8. The minimum absolute atomic E-state index is 0.111. The first kappa shape index (κ1) is 27.2. The molecular formula is C27H36F3N5O. The van der Waals surface area contributed by atoms with Gasteiger partial charge in [-0.15, -0.1) is 0 Å². The molecule has 3 rings (SSSR count). The highest BCUT2D eigenvalue weighted by molar-refractivity contribution is 6.00. The number of nitrogens with zero attached hydrogens (tertiary/aromatic N) is 2. The van der Waals surface area contributed by atoms with E-state index in [4.69, 9.17) is 10.7 Å². The molecule has 2 unspecified atom stereocenters. The number of aliphatic hydroxyl groups excluding tert-OH is 1. The van der Waals surface area contributed by atoms with E-state index in [9.17, 15) is 18.3 Å². The molecule has 36 heavy (non-hydrogen) atoms. The number of allylic oxidation sites excluding steroid dienone is 6. The molecule has 6 nitrogen and oxygen atoms in total. The molecule has 1 aliphatic carbocycles. The number of likely N-dealkylation sites (tertiary alicyclic amines) is 1. The van der Waals surface area contributed by atoms with Crippen molar-refractivity contribution in [1.82, 2.24) is 15.5 Å². The van der Waals surface area contributed by atoms with Crippen molar-refractivity contribution in [3.05, 3.63) is 83.9 Å². The molecule has 196 valence electrons. The summed E-state index contributed by atoms with van der Waals surface area (Å²) in [6.07, 6.45) is 8.02. The van der Waals surface area contributed by atoms with Crippen LogP contribution in [0.1, 0.15) is 40.0 Å². The number of hydrogen-bond donors (Lipinski definition) is 4. The van der Waals surface area contributed by atoms with Gasteiger partial charge in [-0.25, -0.2) is 4.99 Å². The van der Waals surface area contributed by atoms with Gasteiger partial charge in [0.05, 0.1) is 11.6 Å². The maximum absolute atomic E-state index is 13.7. The number of rotatable bonds is 9. The molecule has 0 radical (unpaired) electrons. The summed E-state index contributed by atoms with van der Waals surface area (Å²) < 4.78 is 41.1. The lowest BCUT2D eigenvalue weighted by Gasteiger charge is -2.56. The van der Waals surface area contributed by atoms with Crippen LogP contribution in [0.2, 0.25) is 0 Å². The summed E-state index contributed by atoms with van der Waals surface area (Å²) in [6, 6.07) is -1.18. The number of halogens is 3. The quantitative estimate of drug-likeness (QED) is 0.200. The van der Waals surface area contributed by atoms with Crippen LogP contribution in [0.3, 0.4) is 0 Å². The van der Waals surface area contributed by atoms with E-state index in [2.05, 4.69) is 28.7 Å². The molecule has 0 aromatic heterocycles. The molecule has 0 bridgehead atoms. The van der Waals surface area contributed by atoms with Crippen LogP contribution in [-0.4, -0.2) is 47.1 Å². The minimum atomic E-state index is -4.52. The van der Waals surface area contributed by atoms with Crippen LogP contribution in [0.15, 0.2) is 88.9 Å². The van der Waals surface area contributed by atoms with Gasteiger partial charge in [-0.1, -0.05) is 25.7 Å². The lowest BCUT2D eigenvalue weighted by atomic mass is 9.63. The predicted molar refractivity (Wildman–Crippen MR) is 139 cm³/mol. The number of hydrogen-bond acceptors (Lipinski definition) is 6. The fourth-order valence-electron chi connectivity index (χ4n) is 4.78. The zero-order valence-corrected chi connectivity index (χ0v) is 21.1. The van der Waals surface area contributed by atoms with Gasteiger partial charge >= 0.3 is 6.18 Å². The fraction of sp³-hybridized carbons (Fsp3) is 0.444. The number of nitrogens with one attached hydrogen (secondary N) is 2. The standard InChI is InChI=1S/C27H36F3N5O/c1-6-21(27(28,29)30)14-22(18(3)33-23-9-7-12-32-25(23)20(5)36)19(4)34-24(13-17(2)31)35-15-26(16-35)10-8-11-26/h6-7,9,12-14,18,25,32-33,36H,2,5,8,10-11,15-16,31H2,1,3-4H3/b21-6+,22-14-,24-13+,34-19+. The van der Waals surface area contributed by atoms with Crippen molar-refractivity contribution in [2.45, 2.75) is 58.3 Å². The third-order valence-corrected chi connectivity index (χ3v) is 6.88. The van der Waals surface area contributed by atoms with Crippen molar-refractivity contribution in [2.75, 3.05) is 13.1 Å². The second-order valence-corrected chi connectivity index (χ2v) is 9.76. The topological polar surface area (TPSA) is 85.9 Å². The van der Waals surface area contributed by atoms with Gasteiger partial charge < -0.3 is 26.4 Å². The van der Waals surface area contributed by atoms with E-state index >= 15 is 0 Å². The third-order valence-electron chi connectivity index (χ3n) is 6.88. The van der Waals surface area contributed by atoms with Crippen LogP contribution >= 0.6 is 0 Å². The Kier molecular flexibility index (Phi) is 8.11. The molecular weight excluding hydrogens is 467 g/mol. The van der Waals surface area contributed by atoms with Crippen molar-refractivity contribution >= 4 is 5.71 Å². The van der Waals surface area contributed by atoms with Gasteiger partial charge in [0, 0.05) is 41.7 Å². The van der Waals surface area contributed by atoms with Gasteiger partial charge in [0.2, 0.25) is 0 Å². The SMILES string of the molecule is C=C(N)\C=C(/N=C(C)/C(=C\C(=C/C)C(F)(F)F)C(C)NC1=CC=CNC1C(=C)O)N1CC2(CCC2)C1. The van der Waals surface area contributed by atoms with Crippen LogP contribution in [-0.2, 0) is 0 Å². The first-order valence-electron chi connectivity index (χ1n) is 12.0. The minimum Gasteiger partial charge on any atom is -0.510 e. The Balaban J connectivity index is 1.96. The zero-order chi connectivity index (χ0) is 26.7. The smallest absolute Gasteiger partial charge is 0.416 e. The molecule has 2 atom stereocenters. The number of aliphatic hydroxyl groups is 1. The van der Waals surface area contributed by atoms with Crippen LogP contribution < -0.4 is 16.4 Å². The Bertz CT molecular complexity index is 1070. The molecule has 9 heteroatoms. The molecule has 1 saturated carbocycles. The Hall–Kier alpha value is -3.36. The molecule has 2 aliphatic heterocycles. The first-order valence-corrected chi connectivity index (χ1v) is 12.0. The van der Waals surface area contributed by atoms with Crippen LogP contribution in [0.5, 0.6) is 0 Å². The first-order chi connectivity index (χ1) is 16.8. The number of aliphatic imine (C=N–C) groups is 1. The van der Waals surface area contributed by atoms with Crippen molar-refractivity contribution in [2.24, 2.45) is 16.1 Å². The monoisotopic (exact) mass is 503 g/mol. The summed E-state index contributed by atoms with van der Waals surface area (Å²) in [7, 11) is 0.